The minimum atomic E-state index is -0.523. The second-order valence-corrected chi connectivity index (χ2v) is 4.36. The number of aromatic nitrogens is 1. The largest absolute Gasteiger partial charge is 0.490 e. The first-order valence-corrected chi connectivity index (χ1v) is 6.18. The minimum absolute atomic E-state index is 0.0960. The van der Waals surface area contributed by atoms with Crippen LogP contribution in [0, 0.1) is 10.1 Å². The van der Waals surface area contributed by atoms with Crippen LogP contribution >= 0.6 is 11.6 Å². The predicted octanol–water partition coefficient (Wildman–Crippen LogP) is 2.49. The predicted molar refractivity (Wildman–Crippen MR) is 74.3 cm³/mol. The maximum Gasteiger partial charge on any atom is 0.273 e. The van der Waals surface area contributed by atoms with Crippen molar-refractivity contribution in [2.75, 3.05) is 6.61 Å². The zero-order chi connectivity index (χ0) is 14.5. The third-order valence-electron chi connectivity index (χ3n) is 2.61. The molecule has 0 saturated carbocycles. The molecule has 0 aliphatic heterocycles. The molecule has 0 saturated heterocycles. The summed E-state index contributed by atoms with van der Waals surface area (Å²) in [5.41, 5.74) is -0.234. The summed E-state index contributed by atoms with van der Waals surface area (Å²) >= 11 is 5.90. The van der Waals surface area contributed by atoms with Gasteiger partial charge >= 0.3 is 0 Å². The van der Waals surface area contributed by atoms with Gasteiger partial charge in [-0.25, -0.2) is 0 Å². The van der Waals surface area contributed by atoms with Crippen LogP contribution in [0.4, 0.5) is 5.69 Å². The van der Waals surface area contributed by atoms with Gasteiger partial charge in [0.15, 0.2) is 0 Å². The molecule has 0 bridgehead atoms. The molecule has 104 valence electrons. The van der Waals surface area contributed by atoms with E-state index in [1.54, 1.807) is 18.3 Å². The summed E-state index contributed by atoms with van der Waals surface area (Å²) in [4.78, 5) is 21.6. The summed E-state index contributed by atoms with van der Waals surface area (Å²) in [6.45, 7) is 0.517. The number of benzene rings is 1. The van der Waals surface area contributed by atoms with E-state index in [0.29, 0.717) is 6.54 Å². The summed E-state index contributed by atoms with van der Waals surface area (Å²) in [5.74, 6) is 0.227. The smallest absolute Gasteiger partial charge is 0.273 e. The van der Waals surface area contributed by atoms with Gasteiger partial charge in [-0.05, 0) is 12.1 Å². The zero-order valence-electron chi connectivity index (χ0n) is 10.4. The first kappa shape index (κ1) is 14.1. The number of nitrogens with zero attached hydrogens (tertiary/aromatic N) is 2. The Balaban J connectivity index is 2.04. The molecule has 2 aromatic rings. The molecule has 2 rings (SSSR count). The Morgan fingerprint density at radius 2 is 2.10 bits per heavy atom. The monoisotopic (exact) mass is 294 g/mol. The van der Waals surface area contributed by atoms with Gasteiger partial charge in [-0.2, -0.15) is 0 Å². The van der Waals surface area contributed by atoms with E-state index in [0.717, 1.165) is 0 Å². The van der Waals surface area contributed by atoms with Crippen molar-refractivity contribution >= 4 is 17.3 Å². The molecule has 0 radical (unpaired) electrons. The number of non-ortho nitro benzene ring substituents is 1. The summed E-state index contributed by atoms with van der Waals surface area (Å²) < 4.78 is 6.87. The molecule has 0 unspecified atom stereocenters. The first-order valence-electron chi connectivity index (χ1n) is 5.80. The number of nitro groups is 1. The normalized spacial score (nSPS) is 10.2. The topological polar surface area (TPSA) is 74.4 Å². The molecule has 1 aromatic heterocycles. The zero-order valence-corrected chi connectivity index (χ0v) is 11.1. The number of pyridine rings is 1. The number of halogens is 1. The molecule has 0 amide bonds. The van der Waals surface area contributed by atoms with Crippen LogP contribution < -0.4 is 10.3 Å². The molecule has 7 heteroatoms. The Labute approximate surface area is 119 Å². The fourth-order valence-corrected chi connectivity index (χ4v) is 1.79. The summed E-state index contributed by atoms with van der Waals surface area (Å²) in [6, 6.07) is 8.80. The van der Waals surface area contributed by atoms with Crippen molar-refractivity contribution in [3.63, 3.8) is 0 Å². The average Bonchev–Trinajstić information content (AvgIpc) is 2.42. The SMILES string of the molecule is O=c1ccccn1CCOc1cc([N+](=O)[O-])ccc1Cl. The van der Waals surface area contributed by atoms with E-state index in [2.05, 4.69) is 0 Å². The van der Waals surface area contributed by atoms with Gasteiger partial charge in [-0.1, -0.05) is 17.7 Å². The van der Waals surface area contributed by atoms with E-state index >= 15 is 0 Å². The molecule has 6 nitrogen and oxygen atoms in total. The van der Waals surface area contributed by atoms with Gasteiger partial charge in [0.05, 0.1) is 22.6 Å². The van der Waals surface area contributed by atoms with Gasteiger partial charge < -0.3 is 9.30 Å². The molecule has 0 fully saturated rings. The van der Waals surface area contributed by atoms with E-state index < -0.39 is 4.92 Å². The number of ether oxygens (including phenoxy) is 1. The highest BCUT2D eigenvalue weighted by atomic mass is 35.5. The van der Waals surface area contributed by atoms with Crippen LogP contribution in [0.15, 0.2) is 47.4 Å². The molecular weight excluding hydrogens is 284 g/mol. The Hall–Kier alpha value is -2.34. The molecule has 1 aromatic carbocycles. The summed E-state index contributed by atoms with van der Waals surface area (Å²) in [5, 5.41) is 11.0. The number of rotatable bonds is 5. The lowest BCUT2D eigenvalue weighted by atomic mass is 10.3. The van der Waals surface area contributed by atoms with Crippen molar-refractivity contribution in [1.29, 1.82) is 0 Å². The maximum atomic E-state index is 11.5. The van der Waals surface area contributed by atoms with Crippen molar-refractivity contribution in [3.05, 3.63) is 68.1 Å². The lowest BCUT2D eigenvalue weighted by Gasteiger charge is -2.09. The lowest BCUT2D eigenvalue weighted by molar-refractivity contribution is -0.384. The van der Waals surface area contributed by atoms with Gasteiger partial charge in [0.1, 0.15) is 12.4 Å². The van der Waals surface area contributed by atoms with Gasteiger partial charge in [-0.15, -0.1) is 0 Å². The van der Waals surface area contributed by atoms with E-state index in [1.165, 1.54) is 28.8 Å². The molecule has 0 aliphatic rings. The highest BCUT2D eigenvalue weighted by molar-refractivity contribution is 6.32. The van der Waals surface area contributed by atoms with Crippen LogP contribution in [0.5, 0.6) is 5.75 Å². The first-order chi connectivity index (χ1) is 9.58. The van der Waals surface area contributed by atoms with Crippen LogP contribution in [0.3, 0.4) is 0 Å². The van der Waals surface area contributed by atoms with Crippen LogP contribution in [0.25, 0.3) is 0 Å². The van der Waals surface area contributed by atoms with E-state index in [1.807, 2.05) is 0 Å². The molecule has 1 heterocycles. The third-order valence-corrected chi connectivity index (χ3v) is 2.93. The van der Waals surface area contributed by atoms with Crippen molar-refractivity contribution in [2.45, 2.75) is 6.54 Å². The van der Waals surface area contributed by atoms with Gasteiger partial charge in [0.25, 0.3) is 11.2 Å². The quantitative estimate of drug-likeness (QED) is 0.627. The fraction of sp³-hybridized carbons (Fsp3) is 0.154. The molecular formula is C13H11ClN2O4. The van der Waals surface area contributed by atoms with Crippen LogP contribution in [0.1, 0.15) is 0 Å². The summed E-state index contributed by atoms with van der Waals surface area (Å²) in [7, 11) is 0. The second kappa shape index (κ2) is 6.21. The highest BCUT2D eigenvalue weighted by Gasteiger charge is 2.10. The number of hydrogen-bond donors (Lipinski definition) is 0. The molecule has 0 N–H and O–H groups in total. The van der Waals surface area contributed by atoms with Gasteiger partial charge in [0.2, 0.25) is 0 Å². The van der Waals surface area contributed by atoms with E-state index in [4.69, 9.17) is 16.3 Å². The van der Waals surface area contributed by atoms with Crippen molar-refractivity contribution in [1.82, 2.24) is 4.57 Å². The van der Waals surface area contributed by atoms with E-state index in [-0.39, 0.29) is 28.6 Å². The Morgan fingerprint density at radius 3 is 2.80 bits per heavy atom. The highest BCUT2D eigenvalue weighted by Crippen LogP contribution is 2.28. The maximum absolute atomic E-state index is 11.5. The van der Waals surface area contributed by atoms with Crippen molar-refractivity contribution in [3.8, 4) is 5.75 Å². The lowest BCUT2D eigenvalue weighted by Crippen LogP contribution is -2.21. The van der Waals surface area contributed by atoms with Crippen molar-refractivity contribution < 1.29 is 9.66 Å². The summed E-state index contributed by atoms with van der Waals surface area (Å²) in [6.07, 6.45) is 1.64. The Morgan fingerprint density at radius 1 is 1.30 bits per heavy atom. The molecule has 0 aliphatic carbocycles. The third kappa shape index (κ3) is 3.36. The Bertz CT molecular complexity index is 684. The number of nitro benzene ring substituents is 1. The average molecular weight is 295 g/mol. The second-order valence-electron chi connectivity index (χ2n) is 3.95. The van der Waals surface area contributed by atoms with Gasteiger partial charge in [0, 0.05) is 18.3 Å². The van der Waals surface area contributed by atoms with Gasteiger partial charge in [-0.3, -0.25) is 14.9 Å². The Kier molecular flexibility index (Phi) is 4.37. The van der Waals surface area contributed by atoms with Crippen LogP contribution in [0.2, 0.25) is 5.02 Å². The van der Waals surface area contributed by atoms with Crippen LogP contribution in [-0.4, -0.2) is 16.1 Å². The molecule has 0 spiro atoms. The fourth-order valence-electron chi connectivity index (χ4n) is 1.62. The minimum Gasteiger partial charge on any atom is -0.490 e. The van der Waals surface area contributed by atoms with Crippen LogP contribution in [-0.2, 0) is 6.54 Å². The molecule has 0 atom stereocenters. The number of hydrogen-bond acceptors (Lipinski definition) is 4. The molecule has 20 heavy (non-hydrogen) atoms. The van der Waals surface area contributed by atoms with Crippen molar-refractivity contribution in [2.24, 2.45) is 0 Å². The standard InChI is InChI=1S/C13H11ClN2O4/c14-11-5-4-10(16(18)19)9-12(11)20-8-7-15-6-2-1-3-13(15)17/h1-6,9H,7-8H2. The van der Waals surface area contributed by atoms with E-state index in [9.17, 15) is 14.9 Å².